The third kappa shape index (κ3) is 12.8. The Kier molecular flexibility index (Phi) is 11.7. The van der Waals surface area contributed by atoms with Gasteiger partial charge in [0.15, 0.2) is 0 Å². The number of hydrogen-bond acceptors (Lipinski definition) is 0. The minimum absolute atomic E-state index is 0. The number of rotatable bonds is 1. The Bertz CT molecular complexity index is 156. The summed E-state index contributed by atoms with van der Waals surface area (Å²) in [4.78, 5) is 0. The summed E-state index contributed by atoms with van der Waals surface area (Å²) in [6.07, 6.45) is 1.72. The molecule has 1 aromatic carbocycles. The Morgan fingerprint density at radius 2 is 1.73 bits per heavy atom. The summed E-state index contributed by atoms with van der Waals surface area (Å²) in [7, 11) is 0. The van der Waals surface area contributed by atoms with E-state index in [4.69, 9.17) is 0 Å². The molecule has 0 N–H and O–H groups in total. The van der Waals surface area contributed by atoms with Crippen LogP contribution in [0.1, 0.15) is 6.92 Å². The van der Waals surface area contributed by atoms with Crippen LogP contribution in [0.2, 0.25) is 0 Å². The van der Waals surface area contributed by atoms with Gasteiger partial charge in [-0.05, 0) is 6.92 Å². The molecule has 0 radical (unpaired) electrons. The maximum Gasteiger partial charge on any atom is 0 e. The molecule has 0 unspecified atom stereocenters. The van der Waals surface area contributed by atoms with Gasteiger partial charge in [-0.25, -0.2) is 12.1 Å². The smallest absolute Gasteiger partial charge is 0 e. The Morgan fingerprint density at radius 1 is 1.36 bits per heavy atom. The molecule has 1 aromatic rings. The van der Waals surface area contributed by atoms with Crippen molar-refractivity contribution in [2.75, 3.05) is 0 Å². The summed E-state index contributed by atoms with van der Waals surface area (Å²) >= 11 is 0. The molecule has 0 heterocycles. The summed E-state index contributed by atoms with van der Waals surface area (Å²) in [5, 5.41) is 0. The summed E-state index contributed by atoms with van der Waals surface area (Å²) < 4.78 is 0. The zero-order valence-corrected chi connectivity index (χ0v) is 10.5. The van der Waals surface area contributed by atoms with E-state index in [1.807, 2.05) is 37.3 Å². The predicted octanol–water partition coefficient (Wildman–Crippen LogP) is 3.15. The molecular weight excluding hydrogens is 299 g/mol. The maximum atomic E-state index is 3.56. The van der Waals surface area contributed by atoms with Crippen LogP contribution in [-0.2, 0) is 25.8 Å². The normalized spacial score (nSPS) is 6.64. The van der Waals surface area contributed by atoms with Gasteiger partial charge < -0.3 is 0 Å². The number of allylic oxidation sites excluding steroid dienone is 2. The standard InChI is InChI=1S/C5H5.C5H8.Hf/c1-2-4-5-3-1;1-4-5(2)3;/h1-5H;4H,1-2H2,3H3;/q-1;;. The summed E-state index contributed by atoms with van der Waals surface area (Å²) in [5.74, 6) is 0. The third-order valence-corrected chi connectivity index (χ3v) is 0.904. The SMILES string of the molecule is C=CC(=C)C.[Hf].c1cc[cH-]c1. The van der Waals surface area contributed by atoms with Gasteiger partial charge in [0.2, 0.25) is 0 Å². The van der Waals surface area contributed by atoms with Crippen molar-refractivity contribution in [2.45, 2.75) is 6.92 Å². The maximum absolute atomic E-state index is 3.56. The molecule has 0 aliphatic carbocycles. The van der Waals surface area contributed by atoms with Crippen molar-refractivity contribution < 1.29 is 25.8 Å². The molecule has 0 atom stereocenters. The largest absolute Gasteiger partial charge is 0.214 e. The fourth-order valence-electron chi connectivity index (χ4n) is 0.321. The van der Waals surface area contributed by atoms with E-state index < -0.39 is 0 Å². The molecule has 0 amide bonds. The molecule has 0 bridgehead atoms. The van der Waals surface area contributed by atoms with Gasteiger partial charge in [0.1, 0.15) is 0 Å². The van der Waals surface area contributed by atoms with Crippen molar-refractivity contribution in [1.29, 1.82) is 0 Å². The molecule has 0 aliphatic rings. The van der Waals surface area contributed by atoms with E-state index in [-0.39, 0.29) is 25.8 Å². The Hall–Kier alpha value is -0.300. The van der Waals surface area contributed by atoms with E-state index in [9.17, 15) is 0 Å². The second-order valence-electron chi connectivity index (χ2n) is 2.01. The van der Waals surface area contributed by atoms with Crippen molar-refractivity contribution in [2.24, 2.45) is 0 Å². The first-order valence-electron chi connectivity index (χ1n) is 3.22. The van der Waals surface area contributed by atoms with Gasteiger partial charge in [-0.1, -0.05) is 24.8 Å². The Morgan fingerprint density at radius 3 is 1.82 bits per heavy atom. The zero-order valence-electron chi connectivity index (χ0n) is 6.88. The summed E-state index contributed by atoms with van der Waals surface area (Å²) in [5.41, 5.74) is 1.02. The summed E-state index contributed by atoms with van der Waals surface area (Å²) in [6, 6.07) is 10.0. The van der Waals surface area contributed by atoms with Crippen LogP contribution in [0.5, 0.6) is 0 Å². The van der Waals surface area contributed by atoms with Crippen molar-refractivity contribution in [1.82, 2.24) is 0 Å². The average molecular weight is 312 g/mol. The predicted molar refractivity (Wildman–Crippen MR) is 47.0 cm³/mol. The topological polar surface area (TPSA) is 0 Å². The average Bonchev–Trinajstić information content (AvgIpc) is 2.43. The minimum Gasteiger partial charge on any atom is -0.214 e. The molecule has 0 spiro atoms. The van der Waals surface area contributed by atoms with E-state index in [2.05, 4.69) is 13.2 Å². The second-order valence-corrected chi connectivity index (χ2v) is 2.01. The van der Waals surface area contributed by atoms with Gasteiger partial charge in [0, 0.05) is 25.8 Å². The first kappa shape index (κ1) is 13.3. The first-order chi connectivity index (χ1) is 4.77. The number of hydrogen-bond donors (Lipinski definition) is 0. The molecule has 0 aliphatic heterocycles. The van der Waals surface area contributed by atoms with Crippen LogP contribution in [0.15, 0.2) is 55.1 Å². The molecule has 11 heavy (non-hydrogen) atoms. The Labute approximate surface area is 87.8 Å². The van der Waals surface area contributed by atoms with Crippen LogP contribution in [0.3, 0.4) is 0 Å². The molecule has 0 fully saturated rings. The fourth-order valence-corrected chi connectivity index (χ4v) is 0.321. The fraction of sp³-hybridized carbons (Fsp3) is 0.100. The van der Waals surface area contributed by atoms with E-state index in [0.717, 1.165) is 5.57 Å². The van der Waals surface area contributed by atoms with Gasteiger partial charge in [-0.3, -0.25) is 0 Å². The van der Waals surface area contributed by atoms with Crippen molar-refractivity contribution in [3.8, 4) is 0 Å². The molecule has 0 nitrogen and oxygen atoms in total. The monoisotopic (exact) mass is 313 g/mol. The zero-order chi connectivity index (χ0) is 7.82. The third-order valence-electron chi connectivity index (χ3n) is 0.904. The quantitative estimate of drug-likeness (QED) is 0.425. The van der Waals surface area contributed by atoms with Gasteiger partial charge in [0.25, 0.3) is 0 Å². The molecular formula is C10H13Hf-. The summed E-state index contributed by atoms with van der Waals surface area (Å²) in [6.45, 7) is 8.93. The molecule has 58 valence electrons. The molecule has 1 heteroatoms. The van der Waals surface area contributed by atoms with Crippen LogP contribution in [-0.4, -0.2) is 0 Å². The van der Waals surface area contributed by atoms with E-state index in [1.165, 1.54) is 0 Å². The first-order valence-corrected chi connectivity index (χ1v) is 3.22. The van der Waals surface area contributed by atoms with E-state index in [0.29, 0.717) is 0 Å². The Balaban J connectivity index is 0. The second kappa shape index (κ2) is 9.70. The van der Waals surface area contributed by atoms with Crippen molar-refractivity contribution >= 4 is 0 Å². The molecule has 0 saturated carbocycles. The van der Waals surface area contributed by atoms with E-state index >= 15 is 0 Å². The van der Waals surface area contributed by atoms with E-state index in [1.54, 1.807) is 6.08 Å². The van der Waals surface area contributed by atoms with Crippen LogP contribution < -0.4 is 0 Å². The van der Waals surface area contributed by atoms with Gasteiger partial charge in [0.05, 0.1) is 0 Å². The van der Waals surface area contributed by atoms with Crippen LogP contribution >= 0.6 is 0 Å². The van der Waals surface area contributed by atoms with Crippen LogP contribution in [0, 0.1) is 0 Å². The minimum atomic E-state index is 0. The van der Waals surface area contributed by atoms with Gasteiger partial charge >= 0.3 is 0 Å². The molecule has 0 aromatic heterocycles. The van der Waals surface area contributed by atoms with Crippen LogP contribution in [0.4, 0.5) is 0 Å². The molecule has 1 rings (SSSR count). The van der Waals surface area contributed by atoms with Crippen molar-refractivity contribution in [3.05, 3.63) is 55.1 Å². The van der Waals surface area contributed by atoms with Crippen LogP contribution in [0.25, 0.3) is 0 Å². The van der Waals surface area contributed by atoms with Gasteiger partial charge in [-0.2, -0.15) is 18.2 Å². The molecule has 0 saturated heterocycles. The van der Waals surface area contributed by atoms with Gasteiger partial charge in [-0.15, -0.1) is 0 Å². The van der Waals surface area contributed by atoms with Crippen molar-refractivity contribution in [3.63, 3.8) is 0 Å².